The third kappa shape index (κ3) is 6.15. The second-order valence-electron chi connectivity index (χ2n) is 5.75. The molecule has 0 saturated heterocycles. The number of hydrogen-bond acceptors (Lipinski definition) is 5. The van der Waals surface area contributed by atoms with Gasteiger partial charge in [0, 0.05) is 10.7 Å². The van der Waals surface area contributed by atoms with Crippen LogP contribution in [-0.4, -0.2) is 25.1 Å². The second-order valence-corrected chi connectivity index (χ2v) is 6.18. The minimum absolute atomic E-state index is 0.0560. The number of nitriles is 1. The van der Waals surface area contributed by atoms with E-state index in [9.17, 15) is 14.9 Å². The Labute approximate surface area is 168 Å². The first-order valence-corrected chi connectivity index (χ1v) is 8.88. The fourth-order valence-electron chi connectivity index (χ4n) is 2.24. The Morgan fingerprint density at radius 3 is 2.57 bits per heavy atom. The molecule has 2 rings (SSSR count). The first-order valence-electron chi connectivity index (χ1n) is 8.50. The first-order chi connectivity index (χ1) is 13.4. The zero-order valence-corrected chi connectivity index (χ0v) is 16.2. The number of esters is 1. The van der Waals surface area contributed by atoms with E-state index >= 15 is 0 Å². The molecule has 0 bridgehead atoms. The highest BCUT2D eigenvalue weighted by Gasteiger charge is 2.11. The second kappa shape index (κ2) is 10.1. The molecule has 0 spiro atoms. The Morgan fingerprint density at radius 1 is 1.21 bits per heavy atom. The third-order valence-electron chi connectivity index (χ3n) is 3.67. The molecule has 144 valence electrons. The summed E-state index contributed by atoms with van der Waals surface area (Å²) in [6.45, 7) is 3.65. The van der Waals surface area contributed by atoms with Crippen molar-refractivity contribution < 1.29 is 19.1 Å². The average Bonchev–Trinajstić information content (AvgIpc) is 2.68. The molecule has 1 amide bonds. The van der Waals surface area contributed by atoms with Crippen LogP contribution in [0.5, 0.6) is 5.75 Å². The van der Waals surface area contributed by atoms with Gasteiger partial charge in [-0.05, 0) is 55.3 Å². The van der Waals surface area contributed by atoms with Crippen molar-refractivity contribution in [2.45, 2.75) is 13.8 Å². The molecule has 0 radical (unpaired) electrons. The summed E-state index contributed by atoms with van der Waals surface area (Å²) in [5, 5.41) is 12.5. The summed E-state index contributed by atoms with van der Waals surface area (Å²) in [7, 11) is 0. The summed E-state index contributed by atoms with van der Waals surface area (Å²) < 4.78 is 10.1. The molecule has 1 N–H and O–H groups in total. The van der Waals surface area contributed by atoms with E-state index in [1.165, 1.54) is 6.08 Å². The summed E-state index contributed by atoms with van der Waals surface area (Å²) in [6.07, 6.45) is 1.46. The van der Waals surface area contributed by atoms with Gasteiger partial charge >= 0.3 is 5.97 Å². The van der Waals surface area contributed by atoms with E-state index in [0.29, 0.717) is 28.6 Å². The minimum atomic E-state index is -0.532. The lowest BCUT2D eigenvalue weighted by atomic mass is 10.1. The SMILES string of the molecule is CCOC(=O)COc1ccc(/C=C(\C#N)C(=O)Nc2cc(Cl)ccc2C)cc1. The zero-order valence-electron chi connectivity index (χ0n) is 15.5. The average molecular weight is 399 g/mol. The lowest BCUT2D eigenvalue weighted by Gasteiger charge is -2.08. The third-order valence-corrected chi connectivity index (χ3v) is 3.90. The molecule has 0 aliphatic heterocycles. The van der Waals surface area contributed by atoms with Crippen molar-refractivity contribution in [3.05, 3.63) is 64.2 Å². The Hall–Kier alpha value is -3.30. The number of amides is 1. The number of carbonyl (C=O) groups excluding carboxylic acids is 2. The van der Waals surface area contributed by atoms with Crippen LogP contribution in [-0.2, 0) is 14.3 Å². The van der Waals surface area contributed by atoms with Crippen molar-refractivity contribution in [2.75, 3.05) is 18.5 Å². The molecule has 7 heteroatoms. The molecule has 0 atom stereocenters. The van der Waals surface area contributed by atoms with Gasteiger partial charge in [-0.3, -0.25) is 4.79 Å². The molecule has 0 fully saturated rings. The molecule has 2 aromatic rings. The Morgan fingerprint density at radius 2 is 1.93 bits per heavy atom. The maximum atomic E-state index is 12.4. The van der Waals surface area contributed by atoms with Gasteiger partial charge in [-0.25, -0.2) is 4.79 Å². The Balaban J connectivity index is 2.07. The van der Waals surface area contributed by atoms with Crippen LogP contribution in [0.3, 0.4) is 0 Å². The topological polar surface area (TPSA) is 88.4 Å². The number of nitrogens with one attached hydrogen (secondary N) is 1. The van der Waals surface area contributed by atoms with Crippen molar-refractivity contribution in [3.63, 3.8) is 0 Å². The molecule has 0 aliphatic carbocycles. The fraction of sp³-hybridized carbons (Fsp3) is 0.190. The van der Waals surface area contributed by atoms with Gasteiger partial charge in [0.1, 0.15) is 17.4 Å². The largest absolute Gasteiger partial charge is 0.482 e. The number of benzene rings is 2. The predicted octanol–water partition coefficient (Wildman–Crippen LogP) is 4.14. The number of nitrogens with zero attached hydrogens (tertiary/aromatic N) is 1. The molecule has 0 aromatic heterocycles. The van der Waals surface area contributed by atoms with Gasteiger partial charge in [-0.15, -0.1) is 0 Å². The van der Waals surface area contributed by atoms with Crippen LogP contribution in [0, 0.1) is 18.3 Å². The van der Waals surface area contributed by atoms with Crippen LogP contribution in [0.2, 0.25) is 5.02 Å². The number of aryl methyl sites for hydroxylation is 1. The highest BCUT2D eigenvalue weighted by atomic mass is 35.5. The summed E-state index contributed by atoms with van der Waals surface area (Å²) in [5.41, 5.74) is 1.96. The smallest absolute Gasteiger partial charge is 0.344 e. The van der Waals surface area contributed by atoms with Crippen LogP contribution in [0.25, 0.3) is 6.08 Å². The number of rotatable bonds is 7. The number of hydrogen-bond donors (Lipinski definition) is 1. The quantitative estimate of drug-likeness (QED) is 0.430. The van der Waals surface area contributed by atoms with Gasteiger partial charge in [-0.1, -0.05) is 29.8 Å². The van der Waals surface area contributed by atoms with Crippen molar-refractivity contribution >= 4 is 35.2 Å². The summed E-state index contributed by atoms with van der Waals surface area (Å²) in [5.74, 6) is -0.510. The van der Waals surface area contributed by atoms with Gasteiger partial charge in [0.05, 0.1) is 6.61 Å². The highest BCUT2D eigenvalue weighted by Crippen LogP contribution is 2.21. The lowest BCUT2D eigenvalue weighted by Crippen LogP contribution is -2.14. The van der Waals surface area contributed by atoms with Crippen LogP contribution in [0.4, 0.5) is 5.69 Å². The normalized spacial score (nSPS) is 10.7. The molecule has 28 heavy (non-hydrogen) atoms. The molecular weight excluding hydrogens is 380 g/mol. The van der Waals surface area contributed by atoms with E-state index in [1.54, 1.807) is 49.4 Å². The van der Waals surface area contributed by atoms with Crippen molar-refractivity contribution in [1.82, 2.24) is 0 Å². The van der Waals surface area contributed by atoms with Gasteiger partial charge < -0.3 is 14.8 Å². The van der Waals surface area contributed by atoms with Crippen LogP contribution in [0.15, 0.2) is 48.0 Å². The number of halogens is 1. The first kappa shape index (κ1) is 21.0. The van der Waals surface area contributed by atoms with Gasteiger partial charge in [0.25, 0.3) is 5.91 Å². The van der Waals surface area contributed by atoms with Crippen molar-refractivity contribution in [2.24, 2.45) is 0 Å². The van der Waals surface area contributed by atoms with E-state index in [2.05, 4.69) is 5.32 Å². The monoisotopic (exact) mass is 398 g/mol. The number of ether oxygens (including phenoxy) is 2. The van der Waals surface area contributed by atoms with E-state index < -0.39 is 11.9 Å². The predicted molar refractivity (Wildman–Crippen MR) is 107 cm³/mol. The number of carbonyl (C=O) groups is 2. The van der Waals surface area contributed by atoms with Crippen LogP contribution in [0.1, 0.15) is 18.1 Å². The fourth-order valence-corrected chi connectivity index (χ4v) is 2.41. The van der Waals surface area contributed by atoms with Crippen molar-refractivity contribution in [1.29, 1.82) is 5.26 Å². The minimum Gasteiger partial charge on any atom is -0.482 e. The summed E-state index contributed by atoms with van der Waals surface area (Å²) in [4.78, 5) is 23.7. The standard InChI is InChI=1S/C21H19ClN2O4/c1-3-27-20(25)13-28-18-8-5-15(6-9-18)10-16(12-23)21(26)24-19-11-17(22)7-4-14(19)2/h4-11H,3,13H2,1-2H3,(H,24,26)/b16-10+. The summed E-state index contributed by atoms with van der Waals surface area (Å²) in [6, 6.07) is 13.7. The Bertz CT molecular complexity index is 930. The van der Waals surface area contributed by atoms with Crippen LogP contribution >= 0.6 is 11.6 Å². The molecule has 6 nitrogen and oxygen atoms in total. The Kier molecular flexibility index (Phi) is 7.61. The maximum absolute atomic E-state index is 12.4. The van der Waals surface area contributed by atoms with Gasteiger partial charge in [0.15, 0.2) is 6.61 Å². The van der Waals surface area contributed by atoms with E-state index in [0.717, 1.165) is 5.56 Å². The molecular formula is C21H19ClN2O4. The van der Waals surface area contributed by atoms with E-state index in [1.807, 2.05) is 13.0 Å². The molecule has 0 saturated carbocycles. The van der Waals surface area contributed by atoms with E-state index in [4.69, 9.17) is 21.1 Å². The van der Waals surface area contributed by atoms with Gasteiger partial charge in [-0.2, -0.15) is 5.26 Å². The maximum Gasteiger partial charge on any atom is 0.344 e. The van der Waals surface area contributed by atoms with Crippen molar-refractivity contribution in [3.8, 4) is 11.8 Å². The molecule has 0 heterocycles. The number of anilines is 1. The molecule has 2 aromatic carbocycles. The molecule has 0 aliphatic rings. The molecule has 0 unspecified atom stereocenters. The highest BCUT2D eigenvalue weighted by molar-refractivity contribution is 6.31. The van der Waals surface area contributed by atoms with E-state index in [-0.39, 0.29) is 12.2 Å². The zero-order chi connectivity index (χ0) is 20.5. The lowest BCUT2D eigenvalue weighted by molar-refractivity contribution is -0.145. The summed E-state index contributed by atoms with van der Waals surface area (Å²) >= 11 is 5.95. The van der Waals surface area contributed by atoms with Gasteiger partial charge in [0.2, 0.25) is 0 Å². The van der Waals surface area contributed by atoms with Crippen LogP contribution < -0.4 is 10.1 Å².